The van der Waals surface area contributed by atoms with E-state index in [9.17, 15) is 13.2 Å². The Morgan fingerprint density at radius 1 is 1.11 bits per heavy atom. The third-order valence-electron chi connectivity index (χ3n) is 3.63. The Morgan fingerprint density at radius 2 is 1.82 bits per heavy atom. The second-order valence-electron chi connectivity index (χ2n) is 5.56. The predicted molar refractivity (Wildman–Crippen MR) is 110 cm³/mol. The number of methoxy groups -OCH3 is 1. The summed E-state index contributed by atoms with van der Waals surface area (Å²) in [5.74, 6) is 0.410. The molecule has 2 aromatic carbocycles. The van der Waals surface area contributed by atoms with Crippen molar-refractivity contribution in [2.75, 3.05) is 17.1 Å². The summed E-state index contributed by atoms with van der Waals surface area (Å²) in [6.45, 7) is 0. The van der Waals surface area contributed by atoms with Gasteiger partial charge in [-0.25, -0.2) is 13.4 Å². The molecule has 0 aliphatic heterocycles. The second-order valence-corrected chi connectivity index (χ2v) is 8.14. The highest BCUT2D eigenvalue weighted by Gasteiger charge is 2.15. The fraction of sp³-hybridized carbons (Fsp3) is 0.0526. The number of aromatic nitrogens is 1. The summed E-state index contributed by atoms with van der Waals surface area (Å²) in [4.78, 5) is 16.0. The molecule has 0 saturated carbocycles. The number of nitrogens with zero attached hydrogens (tertiary/aromatic N) is 1. The van der Waals surface area contributed by atoms with Gasteiger partial charge in [0, 0.05) is 23.3 Å². The number of nitrogens with one attached hydrogen (secondary N) is 2. The molecule has 0 fully saturated rings. The Balaban J connectivity index is 1.61. The van der Waals surface area contributed by atoms with Crippen LogP contribution in [0.25, 0.3) is 6.08 Å². The number of hydrogen-bond acceptors (Lipinski definition) is 6. The monoisotopic (exact) mass is 415 g/mol. The van der Waals surface area contributed by atoms with Gasteiger partial charge in [-0.05, 0) is 48.0 Å². The molecule has 3 rings (SSSR count). The van der Waals surface area contributed by atoms with Crippen LogP contribution in [-0.4, -0.2) is 26.4 Å². The van der Waals surface area contributed by atoms with Gasteiger partial charge in [-0.2, -0.15) is 0 Å². The van der Waals surface area contributed by atoms with Gasteiger partial charge in [0.1, 0.15) is 5.75 Å². The third-order valence-corrected chi connectivity index (χ3v) is 5.80. The average Bonchev–Trinajstić information content (AvgIpc) is 3.19. The average molecular weight is 415 g/mol. The van der Waals surface area contributed by atoms with E-state index < -0.39 is 10.0 Å². The minimum atomic E-state index is -3.72. The van der Waals surface area contributed by atoms with Crippen LogP contribution in [0.15, 0.2) is 71.1 Å². The Bertz CT molecular complexity index is 1060. The second kappa shape index (κ2) is 8.68. The number of rotatable bonds is 7. The lowest BCUT2D eigenvalue weighted by molar-refractivity contribution is -0.111. The van der Waals surface area contributed by atoms with Crippen molar-refractivity contribution >= 4 is 44.2 Å². The summed E-state index contributed by atoms with van der Waals surface area (Å²) in [6, 6.07) is 13.1. The zero-order valence-electron chi connectivity index (χ0n) is 14.8. The summed E-state index contributed by atoms with van der Waals surface area (Å²) >= 11 is 1.19. The molecule has 0 aliphatic rings. The molecule has 9 heteroatoms. The lowest BCUT2D eigenvalue weighted by Crippen LogP contribution is -2.13. The molecule has 1 aromatic heterocycles. The summed E-state index contributed by atoms with van der Waals surface area (Å²) < 4.78 is 32.0. The van der Waals surface area contributed by atoms with E-state index in [0.29, 0.717) is 10.8 Å². The van der Waals surface area contributed by atoms with E-state index in [0.717, 1.165) is 11.3 Å². The number of sulfonamides is 1. The number of benzene rings is 2. The lowest BCUT2D eigenvalue weighted by atomic mass is 10.2. The number of thiazole rings is 1. The van der Waals surface area contributed by atoms with Gasteiger partial charge < -0.3 is 10.1 Å². The number of anilines is 2. The molecule has 0 unspecified atom stereocenters. The smallest absolute Gasteiger partial charge is 0.263 e. The van der Waals surface area contributed by atoms with Crippen LogP contribution in [0, 0.1) is 0 Å². The van der Waals surface area contributed by atoms with E-state index in [4.69, 9.17) is 4.74 Å². The molecule has 28 heavy (non-hydrogen) atoms. The van der Waals surface area contributed by atoms with Crippen LogP contribution >= 0.6 is 11.3 Å². The van der Waals surface area contributed by atoms with Crippen molar-refractivity contribution in [1.82, 2.24) is 4.98 Å². The van der Waals surface area contributed by atoms with Gasteiger partial charge in [-0.15, -0.1) is 11.3 Å². The molecular weight excluding hydrogens is 398 g/mol. The summed E-state index contributed by atoms with van der Waals surface area (Å²) in [7, 11) is -2.13. The van der Waals surface area contributed by atoms with E-state index in [1.807, 2.05) is 12.1 Å². The van der Waals surface area contributed by atoms with Crippen molar-refractivity contribution in [2.45, 2.75) is 4.90 Å². The Morgan fingerprint density at radius 3 is 2.43 bits per heavy atom. The molecule has 0 saturated heterocycles. The van der Waals surface area contributed by atoms with Gasteiger partial charge in [0.15, 0.2) is 5.13 Å². The first-order chi connectivity index (χ1) is 13.5. The van der Waals surface area contributed by atoms with Crippen molar-refractivity contribution in [3.63, 3.8) is 0 Å². The normalized spacial score (nSPS) is 11.3. The Labute approximate surface area is 166 Å². The molecule has 1 heterocycles. The Hall–Kier alpha value is -3.17. The zero-order chi connectivity index (χ0) is 20.0. The quantitative estimate of drug-likeness (QED) is 0.575. The highest BCUT2D eigenvalue weighted by Crippen LogP contribution is 2.19. The molecule has 0 bridgehead atoms. The number of hydrogen-bond donors (Lipinski definition) is 2. The highest BCUT2D eigenvalue weighted by molar-refractivity contribution is 7.93. The van der Waals surface area contributed by atoms with E-state index in [1.165, 1.54) is 47.9 Å². The standard InChI is InChI=1S/C19H17N3O4S2/c1-26-16-7-2-14(3-8-16)4-11-18(23)21-15-5-9-17(10-6-15)28(24,25)22-19-20-12-13-27-19/h2-13H,1H3,(H,20,22)(H,21,23). The van der Waals surface area contributed by atoms with Crippen LogP contribution in [-0.2, 0) is 14.8 Å². The van der Waals surface area contributed by atoms with Gasteiger partial charge in [0.05, 0.1) is 12.0 Å². The van der Waals surface area contributed by atoms with Crippen molar-refractivity contribution in [3.8, 4) is 5.75 Å². The summed E-state index contributed by atoms with van der Waals surface area (Å²) in [5.41, 5.74) is 1.34. The molecule has 0 spiro atoms. The Kier molecular flexibility index (Phi) is 6.07. The minimum absolute atomic E-state index is 0.0782. The van der Waals surface area contributed by atoms with E-state index in [-0.39, 0.29) is 10.8 Å². The largest absolute Gasteiger partial charge is 0.497 e. The van der Waals surface area contributed by atoms with Crippen LogP contribution in [0.2, 0.25) is 0 Å². The molecule has 144 valence electrons. The van der Waals surface area contributed by atoms with Crippen molar-refractivity contribution in [3.05, 3.63) is 71.7 Å². The minimum Gasteiger partial charge on any atom is -0.497 e. The fourth-order valence-electron chi connectivity index (χ4n) is 2.24. The van der Waals surface area contributed by atoms with E-state index >= 15 is 0 Å². The first-order valence-electron chi connectivity index (χ1n) is 8.12. The molecule has 0 atom stereocenters. The maximum atomic E-state index is 12.3. The van der Waals surface area contributed by atoms with Crippen LogP contribution in [0.5, 0.6) is 5.75 Å². The van der Waals surface area contributed by atoms with Gasteiger partial charge in [0.25, 0.3) is 10.0 Å². The summed E-state index contributed by atoms with van der Waals surface area (Å²) in [6.07, 6.45) is 4.59. The fourth-order valence-corrected chi connectivity index (χ4v) is 4.02. The van der Waals surface area contributed by atoms with Crippen molar-refractivity contribution < 1.29 is 17.9 Å². The topological polar surface area (TPSA) is 97.4 Å². The van der Waals surface area contributed by atoms with Crippen LogP contribution < -0.4 is 14.8 Å². The SMILES string of the molecule is COc1ccc(C=CC(=O)Nc2ccc(S(=O)(=O)Nc3nccs3)cc2)cc1. The van der Waals surface area contributed by atoms with E-state index in [1.54, 1.807) is 30.7 Å². The number of ether oxygens (including phenoxy) is 1. The molecule has 2 N–H and O–H groups in total. The highest BCUT2D eigenvalue weighted by atomic mass is 32.2. The maximum absolute atomic E-state index is 12.3. The molecular formula is C19H17N3O4S2. The first kappa shape index (κ1) is 19.6. The van der Waals surface area contributed by atoms with Crippen LogP contribution in [0.4, 0.5) is 10.8 Å². The lowest BCUT2D eigenvalue weighted by Gasteiger charge is -2.07. The van der Waals surface area contributed by atoms with Crippen LogP contribution in [0.1, 0.15) is 5.56 Å². The van der Waals surface area contributed by atoms with Crippen molar-refractivity contribution in [2.24, 2.45) is 0 Å². The summed E-state index contributed by atoms with van der Waals surface area (Å²) in [5, 5.41) is 4.65. The molecule has 7 nitrogen and oxygen atoms in total. The molecule has 0 radical (unpaired) electrons. The molecule has 0 aliphatic carbocycles. The van der Waals surface area contributed by atoms with Gasteiger partial charge in [-0.3, -0.25) is 9.52 Å². The van der Waals surface area contributed by atoms with Crippen molar-refractivity contribution in [1.29, 1.82) is 0 Å². The molecule has 3 aromatic rings. The predicted octanol–water partition coefficient (Wildman–Crippen LogP) is 3.60. The number of carbonyl (C=O) groups excluding carboxylic acids is 1. The molecule has 1 amide bonds. The van der Waals surface area contributed by atoms with Gasteiger partial charge >= 0.3 is 0 Å². The third kappa shape index (κ3) is 5.18. The van der Waals surface area contributed by atoms with Gasteiger partial charge in [-0.1, -0.05) is 12.1 Å². The van der Waals surface area contributed by atoms with Crippen LogP contribution in [0.3, 0.4) is 0 Å². The zero-order valence-corrected chi connectivity index (χ0v) is 16.5. The number of amides is 1. The van der Waals surface area contributed by atoms with E-state index in [2.05, 4.69) is 15.0 Å². The first-order valence-corrected chi connectivity index (χ1v) is 10.5. The number of carbonyl (C=O) groups is 1. The maximum Gasteiger partial charge on any atom is 0.263 e. The van der Waals surface area contributed by atoms with Gasteiger partial charge in [0.2, 0.25) is 5.91 Å².